The maximum atomic E-state index is 12.5. The molecule has 1 saturated heterocycles. The van der Waals surface area contributed by atoms with Gasteiger partial charge >= 0.3 is 0 Å². The van der Waals surface area contributed by atoms with Crippen LogP contribution in [0.25, 0.3) is 0 Å². The molecule has 1 saturated carbocycles. The number of carbonyl (C=O) groups is 2. The summed E-state index contributed by atoms with van der Waals surface area (Å²) in [5.74, 6) is 0.0860. The van der Waals surface area contributed by atoms with Crippen molar-refractivity contribution in [3.8, 4) is 0 Å². The third-order valence-electron chi connectivity index (χ3n) is 4.70. The molecule has 1 aromatic rings. The predicted molar refractivity (Wildman–Crippen MR) is 81.6 cm³/mol. The van der Waals surface area contributed by atoms with Gasteiger partial charge in [0.2, 0.25) is 0 Å². The molecule has 1 amide bonds. The molecule has 0 unspecified atom stereocenters. The van der Waals surface area contributed by atoms with Gasteiger partial charge in [-0.25, -0.2) is 0 Å². The lowest BCUT2D eigenvalue weighted by Crippen LogP contribution is -2.42. The highest BCUT2D eigenvalue weighted by atomic mass is 16.2. The fourth-order valence-corrected chi connectivity index (χ4v) is 3.14. The molecular formula is C17H22N2O2. The summed E-state index contributed by atoms with van der Waals surface area (Å²) in [5.41, 5.74) is 1.29. The molecule has 4 heteroatoms. The molecule has 21 heavy (non-hydrogen) atoms. The van der Waals surface area contributed by atoms with Crippen molar-refractivity contribution >= 4 is 12.2 Å². The SMILES string of the molecule is O=Cc1ccc(C(=O)N2CCCN(C3CCC3)CC2)cc1. The topological polar surface area (TPSA) is 40.6 Å². The molecule has 1 heterocycles. The number of benzene rings is 1. The van der Waals surface area contributed by atoms with Crippen LogP contribution >= 0.6 is 0 Å². The predicted octanol–water partition coefficient (Wildman–Crippen LogP) is 2.20. The van der Waals surface area contributed by atoms with Crippen LogP contribution in [0, 0.1) is 0 Å². The van der Waals surface area contributed by atoms with Gasteiger partial charge in [0, 0.05) is 43.3 Å². The molecule has 0 aromatic heterocycles. The van der Waals surface area contributed by atoms with E-state index in [9.17, 15) is 9.59 Å². The van der Waals surface area contributed by atoms with Gasteiger partial charge in [0.05, 0.1) is 0 Å². The van der Waals surface area contributed by atoms with Gasteiger partial charge in [-0.2, -0.15) is 0 Å². The van der Waals surface area contributed by atoms with E-state index in [0.29, 0.717) is 11.1 Å². The second-order valence-electron chi connectivity index (χ2n) is 6.01. The van der Waals surface area contributed by atoms with E-state index in [4.69, 9.17) is 0 Å². The Kier molecular flexibility index (Phi) is 4.34. The zero-order valence-corrected chi connectivity index (χ0v) is 12.3. The molecule has 1 aliphatic heterocycles. The van der Waals surface area contributed by atoms with Gasteiger partial charge in [0.15, 0.2) is 0 Å². The maximum Gasteiger partial charge on any atom is 0.253 e. The Hall–Kier alpha value is -1.68. The van der Waals surface area contributed by atoms with E-state index >= 15 is 0 Å². The van der Waals surface area contributed by atoms with Crippen molar-refractivity contribution in [3.05, 3.63) is 35.4 Å². The molecule has 0 atom stereocenters. The van der Waals surface area contributed by atoms with Crippen molar-refractivity contribution < 1.29 is 9.59 Å². The number of rotatable bonds is 3. The summed E-state index contributed by atoms with van der Waals surface area (Å²) in [5, 5.41) is 0. The molecule has 2 fully saturated rings. The van der Waals surface area contributed by atoms with Crippen LogP contribution in [0.3, 0.4) is 0 Å². The number of carbonyl (C=O) groups excluding carboxylic acids is 2. The monoisotopic (exact) mass is 286 g/mol. The number of hydrogen-bond acceptors (Lipinski definition) is 3. The van der Waals surface area contributed by atoms with Gasteiger partial charge in [-0.15, -0.1) is 0 Å². The second kappa shape index (κ2) is 6.39. The van der Waals surface area contributed by atoms with Gasteiger partial charge in [-0.3, -0.25) is 14.5 Å². The summed E-state index contributed by atoms with van der Waals surface area (Å²) >= 11 is 0. The first-order chi connectivity index (χ1) is 10.3. The minimum atomic E-state index is 0.0860. The van der Waals surface area contributed by atoms with Crippen LogP contribution < -0.4 is 0 Å². The zero-order chi connectivity index (χ0) is 14.7. The number of aldehydes is 1. The average molecular weight is 286 g/mol. The van der Waals surface area contributed by atoms with Gasteiger partial charge < -0.3 is 4.90 Å². The van der Waals surface area contributed by atoms with Crippen molar-refractivity contribution in [1.29, 1.82) is 0 Å². The van der Waals surface area contributed by atoms with Crippen molar-refractivity contribution in [1.82, 2.24) is 9.80 Å². The zero-order valence-electron chi connectivity index (χ0n) is 12.3. The molecule has 0 spiro atoms. The van der Waals surface area contributed by atoms with Crippen molar-refractivity contribution in [3.63, 3.8) is 0 Å². The van der Waals surface area contributed by atoms with Crippen LogP contribution in [-0.2, 0) is 0 Å². The van der Waals surface area contributed by atoms with Crippen LogP contribution in [0.4, 0.5) is 0 Å². The average Bonchev–Trinajstić information content (AvgIpc) is 2.71. The third kappa shape index (κ3) is 3.16. The summed E-state index contributed by atoms with van der Waals surface area (Å²) in [6, 6.07) is 7.67. The Morgan fingerprint density at radius 2 is 1.76 bits per heavy atom. The molecule has 0 N–H and O–H groups in total. The summed E-state index contributed by atoms with van der Waals surface area (Å²) in [7, 11) is 0. The second-order valence-corrected chi connectivity index (χ2v) is 6.01. The van der Waals surface area contributed by atoms with Crippen LogP contribution in [0.1, 0.15) is 46.4 Å². The summed E-state index contributed by atoms with van der Waals surface area (Å²) < 4.78 is 0. The van der Waals surface area contributed by atoms with Crippen molar-refractivity contribution in [2.45, 2.75) is 31.7 Å². The number of hydrogen-bond donors (Lipinski definition) is 0. The standard InChI is InChI=1S/C17H22N2O2/c20-13-14-5-7-15(8-6-14)17(21)19-10-2-9-18(11-12-19)16-3-1-4-16/h5-8,13,16H,1-4,9-12H2. The largest absolute Gasteiger partial charge is 0.337 e. The molecule has 112 valence electrons. The van der Waals surface area contributed by atoms with Gasteiger partial charge in [0.25, 0.3) is 5.91 Å². The lowest BCUT2D eigenvalue weighted by Gasteiger charge is -2.36. The van der Waals surface area contributed by atoms with E-state index in [1.807, 2.05) is 4.90 Å². The van der Waals surface area contributed by atoms with E-state index < -0.39 is 0 Å². The highest BCUT2D eigenvalue weighted by Gasteiger charge is 2.27. The van der Waals surface area contributed by atoms with E-state index in [1.54, 1.807) is 24.3 Å². The van der Waals surface area contributed by atoms with E-state index in [0.717, 1.165) is 44.9 Å². The Morgan fingerprint density at radius 1 is 1.00 bits per heavy atom. The normalized spacial score (nSPS) is 20.7. The minimum absolute atomic E-state index is 0.0860. The lowest BCUT2D eigenvalue weighted by molar-refractivity contribution is 0.0749. The van der Waals surface area contributed by atoms with Gasteiger partial charge in [0.1, 0.15) is 6.29 Å². The van der Waals surface area contributed by atoms with Crippen molar-refractivity contribution in [2.75, 3.05) is 26.2 Å². The van der Waals surface area contributed by atoms with Gasteiger partial charge in [-0.1, -0.05) is 18.6 Å². The number of nitrogens with zero attached hydrogens (tertiary/aromatic N) is 2. The van der Waals surface area contributed by atoms with Gasteiger partial charge in [-0.05, 0) is 31.4 Å². The summed E-state index contributed by atoms with van der Waals surface area (Å²) in [6.07, 6.45) is 5.85. The number of amides is 1. The summed E-state index contributed by atoms with van der Waals surface area (Å²) in [4.78, 5) is 27.7. The molecule has 1 aromatic carbocycles. The highest BCUT2D eigenvalue weighted by molar-refractivity contribution is 5.94. The Balaban J connectivity index is 1.62. The first-order valence-electron chi connectivity index (χ1n) is 7.86. The quantitative estimate of drug-likeness (QED) is 0.800. The maximum absolute atomic E-state index is 12.5. The Bertz CT molecular complexity index is 508. The molecular weight excluding hydrogens is 264 g/mol. The molecule has 1 aliphatic carbocycles. The fraction of sp³-hybridized carbons (Fsp3) is 0.529. The van der Waals surface area contributed by atoms with E-state index in [2.05, 4.69) is 4.90 Å². The van der Waals surface area contributed by atoms with Crippen LogP contribution in [0.15, 0.2) is 24.3 Å². The smallest absolute Gasteiger partial charge is 0.253 e. The van der Waals surface area contributed by atoms with E-state index in [1.165, 1.54) is 19.3 Å². The summed E-state index contributed by atoms with van der Waals surface area (Å²) in [6.45, 7) is 3.74. The fourth-order valence-electron chi connectivity index (χ4n) is 3.14. The van der Waals surface area contributed by atoms with E-state index in [-0.39, 0.29) is 5.91 Å². The molecule has 0 bridgehead atoms. The Labute approximate surface area is 125 Å². The minimum Gasteiger partial charge on any atom is -0.337 e. The van der Waals surface area contributed by atoms with Crippen LogP contribution in [0.5, 0.6) is 0 Å². The highest BCUT2D eigenvalue weighted by Crippen LogP contribution is 2.25. The molecule has 2 aliphatic rings. The lowest BCUT2D eigenvalue weighted by atomic mass is 9.91. The first-order valence-corrected chi connectivity index (χ1v) is 7.86. The Morgan fingerprint density at radius 3 is 2.38 bits per heavy atom. The molecule has 4 nitrogen and oxygen atoms in total. The van der Waals surface area contributed by atoms with Crippen LogP contribution in [-0.4, -0.2) is 54.2 Å². The molecule has 3 rings (SSSR count). The van der Waals surface area contributed by atoms with Crippen LogP contribution in [0.2, 0.25) is 0 Å². The third-order valence-corrected chi connectivity index (χ3v) is 4.70. The molecule has 0 radical (unpaired) electrons. The first kappa shape index (κ1) is 14.3. The van der Waals surface area contributed by atoms with Crippen molar-refractivity contribution in [2.24, 2.45) is 0 Å².